The highest BCUT2D eigenvalue weighted by atomic mass is 35.5. The van der Waals surface area contributed by atoms with Crippen molar-refractivity contribution in [3.8, 4) is 17.6 Å². The number of carbonyl (C=O) groups is 1. The van der Waals surface area contributed by atoms with Gasteiger partial charge in [0, 0.05) is 5.69 Å². The summed E-state index contributed by atoms with van der Waals surface area (Å²) in [4.78, 5) is 12.6. The van der Waals surface area contributed by atoms with Crippen LogP contribution in [0, 0.1) is 18.3 Å². The molecule has 0 radical (unpaired) electrons. The second-order valence-electron chi connectivity index (χ2n) is 7.87. The molecule has 0 aliphatic carbocycles. The molecule has 6 heteroatoms. The lowest BCUT2D eigenvalue weighted by Gasteiger charge is -2.14. The highest BCUT2D eigenvalue weighted by Gasteiger charge is 2.15. The van der Waals surface area contributed by atoms with E-state index >= 15 is 0 Å². The molecule has 0 saturated heterocycles. The lowest BCUT2D eigenvalue weighted by atomic mass is 10.1. The molecule has 2 rings (SSSR count). The normalized spacial score (nSPS) is 11.1. The lowest BCUT2D eigenvalue weighted by Crippen LogP contribution is -2.13. The Hall–Kier alpha value is -2.97. The van der Waals surface area contributed by atoms with Crippen molar-refractivity contribution < 1.29 is 14.3 Å². The van der Waals surface area contributed by atoms with Crippen LogP contribution >= 0.6 is 11.6 Å². The number of amides is 1. The maximum absolute atomic E-state index is 12.6. The highest BCUT2D eigenvalue weighted by molar-refractivity contribution is 6.32. The number of anilines is 1. The molecule has 0 aliphatic rings. The van der Waals surface area contributed by atoms with Crippen LogP contribution in [-0.4, -0.2) is 19.1 Å². The fourth-order valence-corrected chi connectivity index (χ4v) is 3.64. The van der Waals surface area contributed by atoms with Gasteiger partial charge in [0.1, 0.15) is 11.6 Å². The quantitative estimate of drug-likeness (QED) is 0.190. The first-order chi connectivity index (χ1) is 16.0. The average molecular weight is 469 g/mol. The molecule has 0 fully saturated rings. The molecule has 176 valence electrons. The molecule has 1 N–H and O–H groups in total. The standard InChI is InChI=1S/C27H33ClN2O3/c1-4-6-7-8-9-10-14-33-26-24(28)17-21(18-25(26)32-5-2)16-22(19-29)27(31)30-23-13-11-12-20(3)15-23/h11-13,15-18H,4-10,14H2,1-3H3,(H,30,31)/b22-16+. The van der Waals surface area contributed by atoms with Crippen LogP contribution in [-0.2, 0) is 4.79 Å². The van der Waals surface area contributed by atoms with Gasteiger partial charge in [-0.15, -0.1) is 0 Å². The first-order valence-corrected chi connectivity index (χ1v) is 11.9. The topological polar surface area (TPSA) is 71.3 Å². The van der Waals surface area contributed by atoms with Gasteiger partial charge in [-0.05, 0) is 61.7 Å². The second kappa shape index (κ2) is 14.2. The Bertz CT molecular complexity index is 995. The summed E-state index contributed by atoms with van der Waals surface area (Å²) in [6.45, 7) is 7.02. The Kier molecular flexibility index (Phi) is 11.3. The molecular formula is C27H33ClN2O3. The number of unbranched alkanes of at least 4 members (excludes halogenated alkanes) is 5. The largest absolute Gasteiger partial charge is 0.490 e. The van der Waals surface area contributed by atoms with Crippen molar-refractivity contribution in [2.24, 2.45) is 0 Å². The number of nitriles is 1. The minimum absolute atomic E-state index is 0.0317. The zero-order chi connectivity index (χ0) is 24.1. The number of rotatable bonds is 13. The molecule has 0 atom stereocenters. The summed E-state index contributed by atoms with van der Waals surface area (Å²) in [6, 6.07) is 12.8. The molecule has 0 aliphatic heterocycles. The van der Waals surface area contributed by atoms with E-state index in [4.69, 9.17) is 21.1 Å². The van der Waals surface area contributed by atoms with Gasteiger partial charge < -0.3 is 14.8 Å². The Morgan fingerprint density at radius 1 is 1.09 bits per heavy atom. The zero-order valence-corrected chi connectivity index (χ0v) is 20.5. The molecule has 0 bridgehead atoms. The monoisotopic (exact) mass is 468 g/mol. The zero-order valence-electron chi connectivity index (χ0n) is 19.7. The van der Waals surface area contributed by atoms with Crippen molar-refractivity contribution in [3.05, 3.63) is 58.1 Å². The number of halogens is 1. The molecule has 0 unspecified atom stereocenters. The Balaban J connectivity index is 2.12. The number of carbonyl (C=O) groups excluding carboxylic acids is 1. The molecule has 2 aromatic rings. The van der Waals surface area contributed by atoms with Gasteiger partial charge in [-0.25, -0.2) is 0 Å². The predicted octanol–water partition coefficient (Wildman–Crippen LogP) is 7.33. The molecule has 5 nitrogen and oxygen atoms in total. The number of benzene rings is 2. The Morgan fingerprint density at radius 2 is 1.85 bits per heavy atom. The van der Waals surface area contributed by atoms with Gasteiger partial charge in [0.15, 0.2) is 11.5 Å². The molecule has 0 spiro atoms. The number of nitrogens with zero attached hydrogens (tertiary/aromatic N) is 1. The molecular weight excluding hydrogens is 436 g/mol. The highest BCUT2D eigenvalue weighted by Crippen LogP contribution is 2.37. The summed E-state index contributed by atoms with van der Waals surface area (Å²) in [7, 11) is 0. The minimum Gasteiger partial charge on any atom is -0.490 e. The Labute approximate surface area is 202 Å². The third-order valence-corrected chi connectivity index (χ3v) is 5.31. The van der Waals surface area contributed by atoms with Crippen LogP contribution in [0.25, 0.3) is 6.08 Å². The molecule has 0 heterocycles. The molecule has 0 saturated carbocycles. The van der Waals surface area contributed by atoms with Crippen molar-refractivity contribution in [1.29, 1.82) is 5.26 Å². The van der Waals surface area contributed by atoms with Gasteiger partial charge in [-0.3, -0.25) is 4.79 Å². The van der Waals surface area contributed by atoms with Gasteiger partial charge in [-0.2, -0.15) is 5.26 Å². The summed E-state index contributed by atoms with van der Waals surface area (Å²) in [5, 5.41) is 12.7. The van der Waals surface area contributed by atoms with E-state index in [2.05, 4.69) is 12.2 Å². The van der Waals surface area contributed by atoms with Gasteiger partial charge in [0.2, 0.25) is 0 Å². The summed E-state index contributed by atoms with van der Waals surface area (Å²) >= 11 is 6.49. The lowest BCUT2D eigenvalue weighted by molar-refractivity contribution is -0.112. The fraction of sp³-hybridized carbons (Fsp3) is 0.407. The summed E-state index contributed by atoms with van der Waals surface area (Å²) in [5.74, 6) is 0.506. The minimum atomic E-state index is -0.486. The van der Waals surface area contributed by atoms with Crippen molar-refractivity contribution in [2.75, 3.05) is 18.5 Å². The van der Waals surface area contributed by atoms with E-state index in [-0.39, 0.29) is 5.57 Å². The van der Waals surface area contributed by atoms with Crippen LogP contribution in [0.1, 0.15) is 63.5 Å². The number of aryl methyl sites for hydroxylation is 1. The molecule has 2 aromatic carbocycles. The van der Waals surface area contributed by atoms with Crippen LogP contribution in [0.15, 0.2) is 42.0 Å². The van der Waals surface area contributed by atoms with E-state index in [0.717, 1.165) is 18.4 Å². The number of nitrogens with one attached hydrogen (secondary N) is 1. The number of hydrogen-bond donors (Lipinski definition) is 1. The maximum Gasteiger partial charge on any atom is 0.266 e. The van der Waals surface area contributed by atoms with E-state index in [1.807, 2.05) is 38.1 Å². The van der Waals surface area contributed by atoms with Gasteiger partial charge in [-0.1, -0.05) is 62.8 Å². The Morgan fingerprint density at radius 3 is 2.55 bits per heavy atom. The predicted molar refractivity (Wildman–Crippen MR) is 135 cm³/mol. The number of ether oxygens (including phenoxy) is 2. The summed E-state index contributed by atoms with van der Waals surface area (Å²) in [6.07, 6.45) is 8.51. The summed E-state index contributed by atoms with van der Waals surface area (Å²) < 4.78 is 11.7. The van der Waals surface area contributed by atoms with Gasteiger partial charge >= 0.3 is 0 Å². The van der Waals surface area contributed by atoms with E-state index in [0.29, 0.717) is 41.0 Å². The van der Waals surface area contributed by atoms with Crippen molar-refractivity contribution >= 4 is 29.3 Å². The van der Waals surface area contributed by atoms with Crippen molar-refractivity contribution in [1.82, 2.24) is 0 Å². The molecule has 33 heavy (non-hydrogen) atoms. The van der Waals surface area contributed by atoms with Gasteiger partial charge in [0.25, 0.3) is 5.91 Å². The van der Waals surface area contributed by atoms with Gasteiger partial charge in [0.05, 0.1) is 18.2 Å². The summed E-state index contributed by atoms with van der Waals surface area (Å²) in [5.41, 5.74) is 2.20. The van der Waals surface area contributed by atoms with Crippen molar-refractivity contribution in [3.63, 3.8) is 0 Å². The smallest absolute Gasteiger partial charge is 0.266 e. The van der Waals surface area contributed by atoms with E-state index in [9.17, 15) is 10.1 Å². The van der Waals surface area contributed by atoms with E-state index in [1.54, 1.807) is 18.2 Å². The fourth-order valence-electron chi connectivity index (χ4n) is 3.37. The van der Waals surface area contributed by atoms with E-state index in [1.165, 1.54) is 31.8 Å². The first-order valence-electron chi connectivity index (χ1n) is 11.6. The van der Waals surface area contributed by atoms with Crippen LogP contribution in [0.4, 0.5) is 5.69 Å². The van der Waals surface area contributed by atoms with Crippen LogP contribution in [0.5, 0.6) is 11.5 Å². The maximum atomic E-state index is 12.6. The second-order valence-corrected chi connectivity index (χ2v) is 8.28. The average Bonchev–Trinajstić information content (AvgIpc) is 2.78. The molecule has 1 amide bonds. The SMILES string of the molecule is CCCCCCCCOc1c(Cl)cc(/C=C(\C#N)C(=O)Nc2cccc(C)c2)cc1OCC. The van der Waals surface area contributed by atoms with Crippen LogP contribution in [0.2, 0.25) is 5.02 Å². The third-order valence-electron chi connectivity index (χ3n) is 5.03. The molecule has 0 aromatic heterocycles. The van der Waals surface area contributed by atoms with Crippen LogP contribution < -0.4 is 14.8 Å². The number of hydrogen-bond acceptors (Lipinski definition) is 4. The first kappa shape index (κ1) is 26.3. The van der Waals surface area contributed by atoms with Crippen molar-refractivity contribution in [2.45, 2.75) is 59.3 Å². The third kappa shape index (κ3) is 8.82. The van der Waals surface area contributed by atoms with E-state index < -0.39 is 5.91 Å². The van der Waals surface area contributed by atoms with Crippen LogP contribution in [0.3, 0.4) is 0 Å².